The third-order valence-electron chi connectivity index (χ3n) is 7.07. The van der Waals surface area contributed by atoms with Gasteiger partial charge >= 0.3 is 0 Å². The van der Waals surface area contributed by atoms with Gasteiger partial charge in [0.15, 0.2) is 23.4 Å². The highest BCUT2D eigenvalue weighted by molar-refractivity contribution is 8.15. The van der Waals surface area contributed by atoms with Crippen molar-refractivity contribution < 1.29 is 26.7 Å². The maximum absolute atomic E-state index is 15.1. The van der Waals surface area contributed by atoms with Crippen LogP contribution in [-0.4, -0.2) is 41.5 Å². The first-order valence-corrected chi connectivity index (χ1v) is 12.7. The first-order valence-electron chi connectivity index (χ1n) is 11.9. The van der Waals surface area contributed by atoms with Crippen molar-refractivity contribution in [3.63, 3.8) is 0 Å². The third kappa shape index (κ3) is 4.36. The van der Waals surface area contributed by atoms with Gasteiger partial charge in [-0.25, -0.2) is 27.5 Å². The van der Waals surface area contributed by atoms with Crippen LogP contribution in [0.2, 0.25) is 0 Å². The molecule has 14 heteroatoms. The Morgan fingerprint density at radius 1 is 1.23 bits per heavy atom. The molecule has 1 aliphatic carbocycles. The molecule has 3 atom stereocenters. The van der Waals surface area contributed by atoms with Crippen LogP contribution in [0.4, 0.5) is 17.6 Å². The number of fused-ring (bicyclic) bond motifs is 2. The number of halogens is 4. The van der Waals surface area contributed by atoms with Crippen molar-refractivity contribution in [3.05, 3.63) is 70.8 Å². The number of pyridine rings is 1. The van der Waals surface area contributed by atoms with E-state index in [1.54, 1.807) is 13.0 Å². The molecule has 4 heterocycles. The second kappa shape index (κ2) is 9.14. The predicted molar refractivity (Wildman–Crippen MR) is 133 cm³/mol. The number of alkyl halides is 2. The van der Waals surface area contributed by atoms with E-state index >= 15 is 4.39 Å². The van der Waals surface area contributed by atoms with E-state index in [-0.39, 0.29) is 42.0 Å². The summed E-state index contributed by atoms with van der Waals surface area (Å²) in [4.78, 5) is 17.5. The number of rotatable bonds is 7. The summed E-state index contributed by atoms with van der Waals surface area (Å²) < 4.78 is 67.2. The molecule has 2 aliphatic rings. The molecule has 1 saturated carbocycles. The lowest BCUT2D eigenvalue weighted by atomic mass is 9.84. The Hall–Kier alpha value is -3.81. The van der Waals surface area contributed by atoms with Crippen LogP contribution in [0.15, 0.2) is 40.0 Å². The predicted octanol–water partition coefficient (Wildman–Crippen LogP) is 4.46. The summed E-state index contributed by atoms with van der Waals surface area (Å²) >= 11 is 0.805. The zero-order valence-corrected chi connectivity index (χ0v) is 21.5. The molecule has 1 fully saturated rings. The van der Waals surface area contributed by atoms with E-state index in [4.69, 9.17) is 14.9 Å². The van der Waals surface area contributed by atoms with Crippen molar-refractivity contribution in [2.45, 2.75) is 50.0 Å². The molecule has 202 valence electrons. The summed E-state index contributed by atoms with van der Waals surface area (Å²) in [5.41, 5.74) is 6.05. The zero-order chi connectivity index (χ0) is 27.5. The average Bonchev–Trinajstić information content (AvgIpc) is 3.51. The second-order valence-corrected chi connectivity index (χ2v) is 11.0. The Kier molecular flexibility index (Phi) is 5.97. The molecule has 9 nitrogen and oxygen atoms in total. The van der Waals surface area contributed by atoms with E-state index in [1.807, 2.05) is 0 Å². The standard InChI is InChI=1S/C25H21F4N7O2S/c1-11-35-36-19(38-11)10-37-18-9-32-21-15(33-18)3-4-31-16(21)7-12-5-13(20(27)14(26)6-12)24(2)17-8-25(17,22(28)29)39-23(30)34-24/h3-6,9,17,22H,7-8,10H2,1-2H3,(H2,30,34)/t17-,24+,25-/m0/s1. The number of thioether (sulfide) groups is 1. The van der Waals surface area contributed by atoms with E-state index < -0.39 is 34.3 Å². The van der Waals surface area contributed by atoms with E-state index in [9.17, 15) is 13.2 Å². The van der Waals surface area contributed by atoms with Crippen molar-refractivity contribution in [1.29, 1.82) is 0 Å². The van der Waals surface area contributed by atoms with Crippen molar-refractivity contribution >= 4 is 28.0 Å². The van der Waals surface area contributed by atoms with Gasteiger partial charge in [0.2, 0.25) is 11.8 Å². The monoisotopic (exact) mass is 559 g/mol. The summed E-state index contributed by atoms with van der Waals surface area (Å²) in [6.45, 7) is 3.19. The molecule has 0 saturated heterocycles. The van der Waals surface area contributed by atoms with E-state index in [2.05, 4.69) is 30.1 Å². The fourth-order valence-electron chi connectivity index (χ4n) is 5.13. The molecule has 1 aromatic carbocycles. The first-order chi connectivity index (χ1) is 18.6. The summed E-state index contributed by atoms with van der Waals surface area (Å²) in [6.07, 6.45) is 0.415. The molecule has 0 radical (unpaired) electrons. The lowest BCUT2D eigenvalue weighted by molar-refractivity contribution is 0.123. The van der Waals surface area contributed by atoms with Gasteiger partial charge in [0, 0.05) is 31.0 Å². The highest BCUT2D eigenvalue weighted by Crippen LogP contribution is 2.68. The van der Waals surface area contributed by atoms with Gasteiger partial charge in [0.05, 0.1) is 27.7 Å². The van der Waals surface area contributed by atoms with Crippen LogP contribution in [0.1, 0.15) is 41.9 Å². The molecular formula is C25H21F4N7O2S. The van der Waals surface area contributed by atoms with Gasteiger partial charge in [-0.15, -0.1) is 10.2 Å². The largest absolute Gasteiger partial charge is 0.466 e. The van der Waals surface area contributed by atoms with Gasteiger partial charge in [-0.2, -0.15) is 0 Å². The van der Waals surface area contributed by atoms with Crippen LogP contribution in [0.5, 0.6) is 5.88 Å². The smallest absolute Gasteiger partial charge is 0.253 e. The average molecular weight is 560 g/mol. The van der Waals surface area contributed by atoms with Gasteiger partial charge in [-0.3, -0.25) is 9.98 Å². The van der Waals surface area contributed by atoms with Gasteiger partial charge < -0.3 is 14.9 Å². The van der Waals surface area contributed by atoms with Gasteiger partial charge in [0.25, 0.3) is 12.3 Å². The molecule has 0 spiro atoms. The maximum Gasteiger partial charge on any atom is 0.253 e. The Balaban J connectivity index is 1.30. The van der Waals surface area contributed by atoms with Crippen molar-refractivity contribution in [2.24, 2.45) is 16.6 Å². The minimum absolute atomic E-state index is 0.00864. The summed E-state index contributed by atoms with van der Waals surface area (Å²) in [7, 11) is 0. The van der Waals surface area contributed by atoms with Crippen LogP contribution < -0.4 is 10.5 Å². The second-order valence-electron chi connectivity index (χ2n) is 9.67. The van der Waals surface area contributed by atoms with Crippen LogP contribution >= 0.6 is 11.8 Å². The van der Waals surface area contributed by atoms with Crippen LogP contribution in [-0.2, 0) is 18.6 Å². The first kappa shape index (κ1) is 25.5. The molecule has 39 heavy (non-hydrogen) atoms. The SMILES string of the molecule is Cc1nnc(COc2cnc3c(Cc4cc(F)c(F)c([C@@]5(C)N=C(N)S[C@@]6(C(F)F)C[C@@H]56)c4)nccc3n2)o1. The van der Waals surface area contributed by atoms with Crippen molar-refractivity contribution in [3.8, 4) is 5.88 Å². The van der Waals surface area contributed by atoms with Gasteiger partial charge in [-0.05, 0) is 37.1 Å². The molecule has 0 unspecified atom stereocenters. The fourth-order valence-corrected chi connectivity index (χ4v) is 6.46. The van der Waals surface area contributed by atoms with E-state index in [1.165, 1.54) is 25.4 Å². The fraction of sp³-hybridized carbons (Fsp3) is 0.360. The van der Waals surface area contributed by atoms with Gasteiger partial charge in [-0.1, -0.05) is 11.8 Å². The van der Waals surface area contributed by atoms with Crippen molar-refractivity contribution in [1.82, 2.24) is 25.1 Å². The quantitative estimate of drug-likeness (QED) is 0.327. The molecule has 4 aromatic rings. The molecular weight excluding hydrogens is 538 g/mol. The lowest BCUT2D eigenvalue weighted by Crippen LogP contribution is -2.39. The van der Waals surface area contributed by atoms with Gasteiger partial charge in [0.1, 0.15) is 5.52 Å². The van der Waals surface area contributed by atoms with E-state index in [0.29, 0.717) is 28.2 Å². The Morgan fingerprint density at radius 3 is 2.79 bits per heavy atom. The number of nitrogens with two attached hydrogens (primary N) is 1. The molecule has 0 amide bonds. The number of ether oxygens (including phenoxy) is 1. The number of aryl methyl sites for hydroxylation is 1. The maximum atomic E-state index is 15.1. The van der Waals surface area contributed by atoms with Crippen molar-refractivity contribution in [2.75, 3.05) is 0 Å². The van der Waals surface area contributed by atoms with Crippen LogP contribution in [0.3, 0.4) is 0 Å². The number of aromatic nitrogens is 5. The minimum atomic E-state index is -2.68. The van der Waals surface area contributed by atoms with Crippen LogP contribution in [0, 0.1) is 24.5 Å². The molecule has 3 aromatic heterocycles. The van der Waals surface area contributed by atoms with E-state index in [0.717, 1.165) is 17.8 Å². The molecule has 1 aliphatic heterocycles. The summed E-state index contributed by atoms with van der Waals surface area (Å²) in [5, 5.41) is 7.52. The normalized spacial score (nSPS) is 24.1. The zero-order valence-electron chi connectivity index (χ0n) is 20.7. The third-order valence-corrected chi connectivity index (χ3v) is 8.38. The number of aliphatic imine (C=N–C) groups is 1. The topological polar surface area (TPSA) is 125 Å². The lowest BCUT2D eigenvalue weighted by Gasteiger charge is -2.34. The Bertz CT molecular complexity index is 1630. The molecule has 6 rings (SSSR count). The number of amidine groups is 1. The minimum Gasteiger partial charge on any atom is -0.466 e. The number of benzene rings is 1. The highest BCUT2D eigenvalue weighted by Gasteiger charge is 2.71. The summed E-state index contributed by atoms with van der Waals surface area (Å²) in [6, 6.07) is 4.14. The molecule has 2 N–H and O–H groups in total. The number of nitrogens with zero attached hydrogens (tertiary/aromatic N) is 6. The Morgan fingerprint density at radius 2 is 2.05 bits per heavy atom. The van der Waals surface area contributed by atoms with Crippen LogP contribution in [0.25, 0.3) is 11.0 Å². The highest BCUT2D eigenvalue weighted by atomic mass is 32.2. The number of hydrogen-bond donors (Lipinski definition) is 1. The molecule has 0 bridgehead atoms. The Labute approximate surface area is 223 Å². The number of hydrogen-bond acceptors (Lipinski definition) is 10. The summed E-state index contributed by atoms with van der Waals surface area (Å²) in [5.74, 6) is -2.03.